The smallest absolute Gasteiger partial charge is 0.434 e. The predicted octanol–water partition coefficient (Wildman–Crippen LogP) is 2.90. The lowest BCUT2D eigenvalue weighted by Crippen LogP contribution is -2.50. The summed E-state index contributed by atoms with van der Waals surface area (Å²) in [6.07, 6.45) is 2.57. The van der Waals surface area contributed by atoms with Crippen molar-refractivity contribution in [3.8, 4) is 0 Å². The number of carbonyl (C=O) groups excluding carboxylic acids is 2. The molecule has 14 nitrogen and oxygen atoms in total. The van der Waals surface area contributed by atoms with Crippen LogP contribution in [-0.2, 0) is 27.4 Å². The normalized spacial score (nSPS) is 13.6. The van der Waals surface area contributed by atoms with Gasteiger partial charge in [0.05, 0.1) is 12.6 Å². The summed E-state index contributed by atoms with van der Waals surface area (Å²) >= 11 is 0. The van der Waals surface area contributed by atoms with Crippen LogP contribution in [0.1, 0.15) is 72.1 Å². The predicted molar refractivity (Wildman–Crippen MR) is 127 cm³/mol. The Morgan fingerprint density at radius 3 is 2.50 bits per heavy atom. The van der Waals surface area contributed by atoms with Crippen molar-refractivity contribution in [2.45, 2.75) is 85.2 Å². The molecule has 2 amide bonds. The van der Waals surface area contributed by atoms with E-state index in [0.29, 0.717) is 6.42 Å². The topological polar surface area (TPSA) is 177 Å². The van der Waals surface area contributed by atoms with Gasteiger partial charge in [-0.15, -0.1) is 0 Å². The molecule has 36 heavy (non-hydrogen) atoms. The van der Waals surface area contributed by atoms with Crippen LogP contribution in [0.15, 0.2) is 16.9 Å². The van der Waals surface area contributed by atoms with Gasteiger partial charge < -0.3 is 34.7 Å². The molecule has 0 aliphatic carbocycles. The summed E-state index contributed by atoms with van der Waals surface area (Å²) < 4.78 is 16.9. The number of amides is 2. The van der Waals surface area contributed by atoms with Gasteiger partial charge in [0.2, 0.25) is 5.91 Å². The first-order valence-corrected chi connectivity index (χ1v) is 11.5. The van der Waals surface area contributed by atoms with E-state index in [2.05, 4.69) is 25.8 Å². The first kappa shape index (κ1) is 28.7. The van der Waals surface area contributed by atoms with E-state index in [1.54, 1.807) is 20.8 Å². The molecule has 200 valence electrons. The zero-order valence-electron chi connectivity index (χ0n) is 21.7. The third kappa shape index (κ3) is 8.59. The van der Waals surface area contributed by atoms with Gasteiger partial charge in [0.1, 0.15) is 30.6 Å². The Balaban J connectivity index is 2.19. The van der Waals surface area contributed by atoms with Crippen molar-refractivity contribution < 1.29 is 28.5 Å². The van der Waals surface area contributed by atoms with Gasteiger partial charge in [-0.25, -0.2) is 9.36 Å². The van der Waals surface area contributed by atoms with Crippen molar-refractivity contribution in [3.05, 3.63) is 34.2 Å². The lowest BCUT2D eigenvalue weighted by atomic mass is 9.86. The number of ether oxygens (including phenoxy) is 2. The third-order valence-electron chi connectivity index (χ3n) is 4.92. The minimum atomic E-state index is -0.988. The van der Waals surface area contributed by atoms with Crippen LogP contribution in [0, 0.1) is 15.5 Å². The zero-order valence-corrected chi connectivity index (χ0v) is 21.7. The number of nitrogens with one attached hydrogen (secondary N) is 2. The molecular formula is C22H35N7O7. The summed E-state index contributed by atoms with van der Waals surface area (Å²) in [4.78, 5) is 44.4. The second-order valence-electron chi connectivity index (χ2n) is 10.3. The van der Waals surface area contributed by atoms with Gasteiger partial charge in [0.15, 0.2) is 5.82 Å². The average Bonchev–Trinajstić information content (AvgIpc) is 3.38. The Bertz CT molecular complexity index is 1040. The number of hydrogen-bond acceptors (Lipinski definition) is 10. The van der Waals surface area contributed by atoms with Crippen LogP contribution in [0.2, 0.25) is 0 Å². The summed E-state index contributed by atoms with van der Waals surface area (Å²) in [5.74, 6) is -0.249. The Morgan fingerprint density at radius 1 is 1.22 bits per heavy atom. The van der Waals surface area contributed by atoms with E-state index in [1.807, 2.05) is 20.8 Å². The highest BCUT2D eigenvalue weighted by Gasteiger charge is 2.35. The van der Waals surface area contributed by atoms with Gasteiger partial charge in [0.25, 0.3) is 5.89 Å². The lowest BCUT2D eigenvalue weighted by Gasteiger charge is -2.31. The second kappa shape index (κ2) is 11.9. The van der Waals surface area contributed by atoms with E-state index in [4.69, 9.17) is 14.0 Å². The molecule has 2 aromatic heterocycles. The number of imidazole rings is 1. The molecule has 0 spiro atoms. The molecule has 0 aliphatic rings. The molecule has 2 aromatic rings. The van der Waals surface area contributed by atoms with Crippen LogP contribution < -0.4 is 10.6 Å². The van der Waals surface area contributed by atoms with E-state index in [1.165, 1.54) is 24.1 Å². The Morgan fingerprint density at radius 2 is 1.92 bits per heavy atom. The largest absolute Gasteiger partial charge is 0.444 e. The van der Waals surface area contributed by atoms with Crippen LogP contribution in [0.4, 0.5) is 10.7 Å². The van der Waals surface area contributed by atoms with Crippen LogP contribution >= 0.6 is 0 Å². The number of nitro groups is 1. The maximum atomic E-state index is 13.4. The van der Waals surface area contributed by atoms with Crippen LogP contribution in [0.25, 0.3) is 0 Å². The van der Waals surface area contributed by atoms with Crippen molar-refractivity contribution in [3.63, 3.8) is 0 Å². The fourth-order valence-electron chi connectivity index (χ4n) is 3.31. The molecule has 0 saturated heterocycles. The third-order valence-corrected chi connectivity index (χ3v) is 4.92. The molecule has 0 aliphatic heterocycles. The summed E-state index contributed by atoms with van der Waals surface area (Å²) in [6.45, 7) is 11.2. The highest BCUT2D eigenvalue weighted by atomic mass is 16.6. The van der Waals surface area contributed by atoms with E-state index >= 15 is 0 Å². The Kier molecular flexibility index (Phi) is 9.50. The van der Waals surface area contributed by atoms with Crippen molar-refractivity contribution in [1.82, 2.24) is 30.3 Å². The fourth-order valence-corrected chi connectivity index (χ4v) is 3.31. The van der Waals surface area contributed by atoms with Crippen molar-refractivity contribution in [2.24, 2.45) is 5.41 Å². The maximum Gasteiger partial charge on any atom is 0.434 e. The molecule has 0 radical (unpaired) electrons. The molecule has 0 unspecified atom stereocenters. The summed E-state index contributed by atoms with van der Waals surface area (Å²) in [6, 6.07) is -1.63. The minimum absolute atomic E-state index is 0.126. The van der Waals surface area contributed by atoms with Gasteiger partial charge in [-0.05, 0) is 44.0 Å². The standard InChI is InChI=1S/C22H35N7O7/c1-21(2,3)16(17-25-15(13-34-7)36-27-17)26-18(30)14(24-20(31)35-22(4,5)6)9-8-11-28-12-10-23-19(28)29(32)33/h10,12,14,16H,8-9,11,13H2,1-7H3,(H,24,31)(H,26,30)/t14-,16+/m0/s1. The maximum absolute atomic E-state index is 13.4. The van der Waals surface area contributed by atoms with Crippen molar-refractivity contribution >= 4 is 17.9 Å². The molecule has 0 fully saturated rings. The number of hydrogen-bond donors (Lipinski definition) is 2. The minimum Gasteiger partial charge on any atom is -0.444 e. The summed E-state index contributed by atoms with van der Waals surface area (Å²) in [5, 5.41) is 20.6. The number of rotatable bonds is 11. The number of carbonyl (C=O) groups is 2. The molecule has 14 heteroatoms. The van der Waals surface area contributed by atoms with E-state index in [9.17, 15) is 19.7 Å². The first-order valence-electron chi connectivity index (χ1n) is 11.5. The quantitative estimate of drug-likeness (QED) is 0.338. The van der Waals surface area contributed by atoms with Crippen LogP contribution in [0.5, 0.6) is 0 Å². The number of aryl methyl sites for hydroxylation is 1. The lowest BCUT2D eigenvalue weighted by molar-refractivity contribution is -0.396. The molecule has 0 saturated carbocycles. The van der Waals surface area contributed by atoms with Crippen molar-refractivity contribution in [2.75, 3.05) is 7.11 Å². The number of alkyl carbamates (subject to hydrolysis) is 1. The average molecular weight is 510 g/mol. The Hall–Kier alpha value is -3.55. The summed E-state index contributed by atoms with van der Waals surface area (Å²) in [5.41, 5.74) is -1.27. The molecular weight excluding hydrogens is 474 g/mol. The number of aromatic nitrogens is 4. The van der Waals surface area contributed by atoms with Crippen LogP contribution in [-0.4, -0.2) is 55.4 Å². The monoisotopic (exact) mass is 509 g/mol. The molecule has 2 atom stereocenters. The zero-order chi connectivity index (χ0) is 27.1. The van der Waals surface area contributed by atoms with Gasteiger partial charge in [-0.1, -0.05) is 30.9 Å². The highest BCUT2D eigenvalue weighted by Crippen LogP contribution is 2.31. The van der Waals surface area contributed by atoms with Crippen molar-refractivity contribution in [1.29, 1.82) is 0 Å². The van der Waals surface area contributed by atoms with Crippen LogP contribution in [0.3, 0.4) is 0 Å². The Labute approximate surface area is 209 Å². The van der Waals surface area contributed by atoms with E-state index in [-0.39, 0.29) is 37.2 Å². The molecule has 2 heterocycles. The number of nitrogens with zero attached hydrogens (tertiary/aromatic N) is 5. The van der Waals surface area contributed by atoms with Gasteiger partial charge >= 0.3 is 12.0 Å². The molecule has 2 N–H and O–H groups in total. The molecule has 0 bridgehead atoms. The molecule has 2 rings (SSSR count). The molecule has 0 aromatic carbocycles. The summed E-state index contributed by atoms with van der Waals surface area (Å²) in [7, 11) is 1.50. The van der Waals surface area contributed by atoms with E-state index in [0.717, 1.165) is 0 Å². The second-order valence-corrected chi connectivity index (χ2v) is 10.3. The highest BCUT2D eigenvalue weighted by molar-refractivity contribution is 5.86. The fraction of sp³-hybridized carbons (Fsp3) is 0.682. The number of methoxy groups -OCH3 is 1. The SMILES string of the molecule is COCc1nc([C@@H](NC(=O)[C@H](CCCn2ccnc2[N+](=O)[O-])NC(=O)OC(C)(C)C)C(C)(C)C)no1. The van der Waals surface area contributed by atoms with Gasteiger partial charge in [-0.3, -0.25) is 4.79 Å². The van der Waals surface area contributed by atoms with Gasteiger partial charge in [0, 0.05) is 7.11 Å². The van der Waals surface area contributed by atoms with E-state index < -0.39 is 40.0 Å². The first-order chi connectivity index (χ1) is 16.7. The van der Waals surface area contributed by atoms with Gasteiger partial charge in [-0.2, -0.15) is 4.98 Å².